The van der Waals surface area contributed by atoms with E-state index in [2.05, 4.69) is 0 Å². The highest BCUT2D eigenvalue weighted by Gasteiger charge is 2.32. The largest absolute Gasteiger partial charge is 0.490 e. The van der Waals surface area contributed by atoms with Crippen molar-refractivity contribution in [2.45, 2.75) is 77.0 Å². The molecule has 0 spiro atoms. The summed E-state index contributed by atoms with van der Waals surface area (Å²) in [6.45, 7) is 2.79. The molecule has 2 aliphatic carbocycles. The number of benzene rings is 1. The summed E-state index contributed by atoms with van der Waals surface area (Å²) in [6.07, 6.45) is 10.6. The van der Waals surface area contributed by atoms with E-state index >= 15 is 0 Å². The lowest BCUT2D eigenvalue weighted by Gasteiger charge is -2.37. The van der Waals surface area contributed by atoms with E-state index < -0.39 is 11.6 Å². The predicted octanol–water partition coefficient (Wildman–Crippen LogP) is 6.22. The van der Waals surface area contributed by atoms with Crippen LogP contribution < -0.4 is 4.74 Å². The van der Waals surface area contributed by atoms with E-state index in [1.54, 1.807) is 12.1 Å². The molecule has 0 bridgehead atoms. The highest BCUT2D eigenvalue weighted by molar-refractivity contribution is 5.33. The normalized spacial score (nSPS) is 28.9. The van der Waals surface area contributed by atoms with Gasteiger partial charge in [-0.15, -0.1) is 0 Å². The van der Waals surface area contributed by atoms with Crippen molar-refractivity contribution in [1.82, 2.24) is 0 Å². The molecule has 0 amide bonds. The van der Waals surface area contributed by atoms with Crippen molar-refractivity contribution in [3.05, 3.63) is 29.3 Å². The van der Waals surface area contributed by atoms with Crippen LogP contribution in [-0.4, -0.2) is 18.3 Å². The fourth-order valence-electron chi connectivity index (χ4n) is 5.04. The molecule has 0 radical (unpaired) electrons. The van der Waals surface area contributed by atoms with Crippen molar-refractivity contribution < 1.29 is 18.6 Å². The highest BCUT2D eigenvalue weighted by atomic mass is 19.2. The van der Waals surface area contributed by atoms with Gasteiger partial charge in [0.05, 0.1) is 6.61 Å². The van der Waals surface area contributed by atoms with Crippen molar-refractivity contribution in [2.24, 2.45) is 17.8 Å². The van der Waals surface area contributed by atoms with Crippen LogP contribution in [0.25, 0.3) is 0 Å². The van der Waals surface area contributed by atoms with Crippen LogP contribution in [0.5, 0.6) is 5.75 Å². The number of aliphatic hydroxyl groups is 1. The maximum atomic E-state index is 14.6. The predicted molar refractivity (Wildman–Crippen MR) is 104 cm³/mol. The van der Waals surface area contributed by atoms with Gasteiger partial charge in [-0.2, -0.15) is 4.39 Å². The lowest BCUT2D eigenvalue weighted by atomic mass is 9.68. The van der Waals surface area contributed by atoms with Gasteiger partial charge in [0.2, 0.25) is 5.82 Å². The van der Waals surface area contributed by atoms with E-state index in [9.17, 15) is 13.9 Å². The zero-order valence-electron chi connectivity index (χ0n) is 16.6. The molecule has 0 saturated heterocycles. The molecule has 27 heavy (non-hydrogen) atoms. The van der Waals surface area contributed by atoms with Crippen LogP contribution in [-0.2, 0) is 0 Å². The Balaban J connectivity index is 1.55. The van der Waals surface area contributed by atoms with Gasteiger partial charge in [-0.25, -0.2) is 4.39 Å². The van der Waals surface area contributed by atoms with Crippen LogP contribution in [0.2, 0.25) is 0 Å². The van der Waals surface area contributed by atoms with Gasteiger partial charge in [0.15, 0.2) is 11.6 Å². The van der Waals surface area contributed by atoms with E-state index in [-0.39, 0.29) is 11.7 Å². The fourth-order valence-corrected chi connectivity index (χ4v) is 5.04. The monoisotopic (exact) mass is 380 g/mol. The number of aliphatic hydroxyl groups excluding tert-OH is 1. The summed E-state index contributed by atoms with van der Waals surface area (Å²) < 4.78 is 34.4. The SMILES string of the molecule is CCCCOc1ccc([C@H]2CC[C@H]([C@H]3CC[C@H](CO)CC3)CC2)c(F)c1F. The molecule has 152 valence electrons. The van der Waals surface area contributed by atoms with Crippen molar-refractivity contribution >= 4 is 0 Å². The Bertz CT molecular complexity index is 588. The lowest BCUT2D eigenvalue weighted by Crippen LogP contribution is -2.26. The van der Waals surface area contributed by atoms with E-state index in [1.165, 1.54) is 12.8 Å². The average Bonchev–Trinajstić information content (AvgIpc) is 2.72. The zero-order valence-corrected chi connectivity index (χ0v) is 16.6. The van der Waals surface area contributed by atoms with Gasteiger partial charge in [0.1, 0.15) is 0 Å². The Morgan fingerprint density at radius 3 is 2.15 bits per heavy atom. The standard InChI is InChI=1S/C23H34F2O2/c1-2-3-14-27-21-13-12-20(22(24)23(21)25)19-10-8-18(9-11-19)17-6-4-16(15-26)5-7-17/h12-13,16-19,26H,2-11,14-15H2,1H3/t16-,17-,18-,19-. The summed E-state index contributed by atoms with van der Waals surface area (Å²) in [7, 11) is 0. The Morgan fingerprint density at radius 1 is 0.926 bits per heavy atom. The Labute approximate surface area is 162 Å². The third-order valence-electron chi connectivity index (χ3n) is 6.86. The van der Waals surface area contributed by atoms with Crippen LogP contribution in [0.4, 0.5) is 8.78 Å². The highest BCUT2D eigenvalue weighted by Crippen LogP contribution is 2.44. The minimum Gasteiger partial charge on any atom is -0.490 e. The number of rotatable bonds is 7. The van der Waals surface area contributed by atoms with Gasteiger partial charge >= 0.3 is 0 Å². The molecule has 0 atom stereocenters. The van der Waals surface area contributed by atoms with E-state index in [0.717, 1.165) is 57.3 Å². The van der Waals surface area contributed by atoms with Gasteiger partial charge in [0, 0.05) is 6.61 Å². The summed E-state index contributed by atoms with van der Waals surface area (Å²) >= 11 is 0. The van der Waals surface area contributed by atoms with Crippen molar-refractivity contribution in [3.63, 3.8) is 0 Å². The summed E-state index contributed by atoms with van der Waals surface area (Å²) in [4.78, 5) is 0. The topological polar surface area (TPSA) is 29.5 Å². The summed E-state index contributed by atoms with van der Waals surface area (Å²) in [6, 6.07) is 3.34. The Hall–Kier alpha value is -1.16. The molecule has 0 unspecified atom stereocenters. The van der Waals surface area contributed by atoms with Crippen molar-refractivity contribution in [1.29, 1.82) is 0 Å². The molecule has 4 heteroatoms. The zero-order chi connectivity index (χ0) is 19.2. The Kier molecular flexibility index (Phi) is 7.51. The molecular formula is C23H34F2O2. The van der Waals surface area contributed by atoms with Gasteiger partial charge in [-0.3, -0.25) is 0 Å². The second kappa shape index (κ2) is 9.86. The van der Waals surface area contributed by atoms with Gasteiger partial charge in [-0.05, 0) is 93.1 Å². The van der Waals surface area contributed by atoms with E-state index in [4.69, 9.17) is 4.74 Å². The van der Waals surface area contributed by atoms with E-state index in [0.29, 0.717) is 30.6 Å². The van der Waals surface area contributed by atoms with E-state index in [1.807, 2.05) is 6.92 Å². The minimum absolute atomic E-state index is 0.0408. The number of unbranched alkanes of at least 4 members (excludes halogenated alkanes) is 1. The first-order chi connectivity index (χ1) is 13.1. The average molecular weight is 381 g/mol. The second-order valence-electron chi connectivity index (χ2n) is 8.56. The fraction of sp³-hybridized carbons (Fsp3) is 0.739. The smallest absolute Gasteiger partial charge is 0.200 e. The number of hydrogen-bond acceptors (Lipinski definition) is 2. The van der Waals surface area contributed by atoms with Crippen molar-refractivity contribution in [2.75, 3.05) is 13.2 Å². The molecule has 0 aromatic heterocycles. The lowest BCUT2D eigenvalue weighted by molar-refractivity contribution is 0.123. The summed E-state index contributed by atoms with van der Waals surface area (Å²) in [5, 5.41) is 9.30. The molecule has 2 aliphatic rings. The second-order valence-corrected chi connectivity index (χ2v) is 8.56. The van der Waals surface area contributed by atoms with Crippen LogP contribution in [0.3, 0.4) is 0 Å². The molecule has 2 nitrogen and oxygen atoms in total. The third-order valence-corrected chi connectivity index (χ3v) is 6.86. The number of hydrogen-bond donors (Lipinski definition) is 1. The number of halogens is 2. The molecule has 1 aromatic rings. The quantitative estimate of drug-likeness (QED) is 0.569. The molecule has 1 N–H and O–H groups in total. The molecular weight excluding hydrogens is 346 g/mol. The first-order valence-corrected chi connectivity index (χ1v) is 10.9. The first-order valence-electron chi connectivity index (χ1n) is 10.9. The molecule has 2 fully saturated rings. The summed E-state index contributed by atoms with van der Waals surface area (Å²) in [5.74, 6) is 0.583. The maximum absolute atomic E-state index is 14.6. The van der Waals surface area contributed by atoms with Gasteiger partial charge in [0.25, 0.3) is 0 Å². The van der Waals surface area contributed by atoms with Crippen LogP contribution >= 0.6 is 0 Å². The van der Waals surface area contributed by atoms with Crippen molar-refractivity contribution in [3.8, 4) is 5.75 Å². The molecule has 2 saturated carbocycles. The summed E-state index contributed by atoms with van der Waals surface area (Å²) in [5.41, 5.74) is 0.526. The molecule has 0 aliphatic heterocycles. The van der Waals surface area contributed by atoms with Crippen LogP contribution in [0, 0.1) is 29.4 Å². The third kappa shape index (κ3) is 5.01. The van der Waals surface area contributed by atoms with Crippen LogP contribution in [0.1, 0.15) is 82.6 Å². The Morgan fingerprint density at radius 2 is 1.56 bits per heavy atom. The maximum Gasteiger partial charge on any atom is 0.200 e. The van der Waals surface area contributed by atoms with Crippen LogP contribution in [0.15, 0.2) is 12.1 Å². The molecule has 1 aromatic carbocycles. The molecule has 0 heterocycles. The van der Waals surface area contributed by atoms with Gasteiger partial charge in [-0.1, -0.05) is 19.4 Å². The minimum atomic E-state index is -0.826. The van der Waals surface area contributed by atoms with Gasteiger partial charge < -0.3 is 9.84 Å². The number of ether oxygens (including phenoxy) is 1. The first kappa shape index (κ1) is 20.6. The molecule has 3 rings (SSSR count).